The summed E-state index contributed by atoms with van der Waals surface area (Å²) in [7, 11) is 1.55. The molecule has 0 radical (unpaired) electrons. The summed E-state index contributed by atoms with van der Waals surface area (Å²) in [5.74, 6) is -0.188. The molecule has 9 heteroatoms. The molecule has 1 amide bonds. The SMILES string of the molecule is CCCCCCCCC/C=C/CC/C=C/CC/C=C/C(O)C(COP(=O)(O)OCC[N+](C)(C)C)NC(=O)CCCCCCCCCCCCCCCCCCCCCCC. The van der Waals surface area contributed by atoms with Gasteiger partial charge in [0.1, 0.15) is 13.2 Å². The average molecular weight is 868 g/mol. The lowest BCUT2D eigenvalue weighted by Gasteiger charge is -2.25. The molecule has 0 saturated carbocycles. The fourth-order valence-corrected chi connectivity index (χ4v) is 8.05. The Bertz CT molecular complexity index is 1070. The number of amides is 1. The van der Waals surface area contributed by atoms with Gasteiger partial charge in [0.2, 0.25) is 5.91 Å². The van der Waals surface area contributed by atoms with Gasteiger partial charge in [0.05, 0.1) is 39.9 Å². The first-order chi connectivity index (χ1) is 29.0. The van der Waals surface area contributed by atoms with Crippen molar-refractivity contribution in [2.45, 2.75) is 244 Å². The molecular formula is C51H100N2O6P+. The van der Waals surface area contributed by atoms with Gasteiger partial charge in [0.15, 0.2) is 0 Å². The number of hydrogen-bond donors (Lipinski definition) is 3. The highest BCUT2D eigenvalue weighted by Crippen LogP contribution is 2.43. The fraction of sp³-hybridized carbons (Fsp3) is 0.863. The Morgan fingerprint density at radius 1 is 0.550 bits per heavy atom. The second-order valence-electron chi connectivity index (χ2n) is 18.5. The summed E-state index contributed by atoms with van der Waals surface area (Å²) in [5, 5.41) is 13.8. The zero-order chi connectivity index (χ0) is 44.3. The van der Waals surface area contributed by atoms with Crippen LogP contribution in [-0.4, -0.2) is 73.4 Å². The minimum atomic E-state index is -4.35. The summed E-state index contributed by atoms with van der Waals surface area (Å²) in [6, 6.07) is -0.866. The van der Waals surface area contributed by atoms with Crippen LogP contribution in [-0.2, 0) is 18.4 Å². The van der Waals surface area contributed by atoms with Gasteiger partial charge < -0.3 is 19.8 Å². The van der Waals surface area contributed by atoms with Crippen LogP contribution in [0.1, 0.15) is 232 Å². The van der Waals surface area contributed by atoms with E-state index in [9.17, 15) is 19.4 Å². The third-order valence-corrected chi connectivity index (χ3v) is 12.3. The zero-order valence-electron chi connectivity index (χ0n) is 40.2. The third-order valence-electron chi connectivity index (χ3n) is 11.3. The van der Waals surface area contributed by atoms with E-state index in [-0.39, 0.29) is 19.1 Å². The van der Waals surface area contributed by atoms with E-state index in [1.807, 2.05) is 27.2 Å². The highest BCUT2D eigenvalue weighted by molar-refractivity contribution is 7.47. The maximum atomic E-state index is 12.9. The summed E-state index contributed by atoms with van der Waals surface area (Å²) in [6.07, 6.45) is 53.7. The Balaban J connectivity index is 4.34. The van der Waals surface area contributed by atoms with Crippen LogP contribution in [0.3, 0.4) is 0 Å². The molecule has 0 aromatic rings. The highest BCUT2D eigenvalue weighted by Gasteiger charge is 2.27. The Morgan fingerprint density at radius 3 is 1.33 bits per heavy atom. The number of hydrogen-bond acceptors (Lipinski definition) is 5. The second kappa shape index (κ2) is 43.0. The molecule has 3 unspecified atom stereocenters. The van der Waals surface area contributed by atoms with E-state index in [1.54, 1.807) is 6.08 Å². The molecule has 3 atom stereocenters. The molecule has 0 aliphatic heterocycles. The molecule has 354 valence electrons. The van der Waals surface area contributed by atoms with Crippen LogP contribution in [0.4, 0.5) is 0 Å². The number of nitrogens with one attached hydrogen (secondary N) is 1. The summed E-state index contributed by atoms with van der Waals surface area (Å²) in [5.41, 5.74) is 0. The molecular weight excluding hydrogens is 768 g/mol. The first kappa shape index (κ1) is 58.7. The maximum Gasteiger partial charge on any atom is 0.472 e. The number of aliphatic hydroxyl groups excluding tert-OH is 1. The van der Waals surface area contributed by atoms with E-state index in [2.05, 4.69) is 43.5 Å². The molecule has 0 rings (SSSR count). The van der Waals surface area contributed by atoms with Crippen molar-refractivity contribution in [1.82, 2.24) is 5.32 Å². The molecule has 0 spiro atoms. The molecule has 0 aromatic heterocycles. The van der Waals surface area contributed by atoms with Gasteiger partial charge in [-0.05, 0) is 44.9 Å². The molecule has 0 aliphatic carbocycles. The number of nitrogens with zero attached hydrogens (tertiary/aromatic N) is 1. The number of allylic oxidation sites excluding steroid dienone is 5. The van der Waals surface area contributed by atoms with Crippen molar-refractivity contribution in [3.63, 3.8) is 0 Å². The monoisotopic (exact) mass is 868 g/mol. The van der Waals surface area contributed by atoms with E-state index in [0.717, 1.165) is 44.9 Å². The molecule has 0 bridgehead atoms. The Morgan fingerprint density at radius 2 is 0.917 bits per heavy atom. The van der Waals surface area contributed by atoms with Gasteiger partial charge in [-0.25, -0.2) is 4.57 Å². The number of likely N-dealkylation sites (N-methyl/N-ethyl adjacent to an activating group) is 1. The van der Waals surface area contributed by atoms with Crippen molar-refractivity contribution < 1.29 is 32.9 Å². The van der Waals surface area contributed by atoms with Crippen molar-refractivity contribution in [1.29, 1.82) is 0 Å². The van der Waals surface area contributed by atoms with Gasteiger partial charge in [-0.2, -0.15) is 0 Å². The predicted octanol–water partition coefficient (Wildman–Crippen LogP) is 14.6. The summed E-state index contributed by atoms with van der Waals surface area (Å²) in [6.45, 7) is 4.80. The summed E-state index contributed by atoms with van der Waals surface area (Å²) < 4.78 is 23.6. The topological polar surface area (TPSA) is 105 Å². The standard InChI is InChI=1S/C51H99N2O6P/c1-6-8-10-12-14-16-18-20-22-24-25-26-27-29-31-33-35-37-39-41-43-45-51(55)52-49(48-59-60(56,57)58-47-46-53(3,4)5)50(54)44-42-40-38-36-34-32-30-28-23-21-19-17-15-13-11-9-7-2/h23,28,34,36,42,44,49-50,54H,6-22,24-27,29-33,35,37-41,43,45-48H2,1-5H3,(H-,52,55,56,57)/p+1/b28-23+,36-34+,44-42+. The van der Waals surface area contributed by atoms with Crippen molar-refractivity contribution in [3.05, 3.63) is 36.5 Å². The van der Waals surface area contributed by atoms with E-state index in [1.165, 1.54) is 167 Å². The highest BCUT2D eigenvalue weighted by atomic mass is 31.2. The molecule has 0 saturated heterocycles. The number of phosphoric acid groups is 1. The summed E-state index contributed by atoms with van der Waals surface area (Å²) in [4.78, 5) is 23.2. The van der Waals surface area contributed by atoms with Crippen LogP contribution in [0.5, 0.6) is 0 Å². The van der Waals surface area contributed by atoms with Crippen LogP contribution in [0.2, 0.25) is 0 Å². The summed E-state index contributed by atoms with van der Waals surface area (Å²) >= 11 is 0. The van der Waals surface area contributed by atoms with E-state index >= 15 is 0 Å². The molecule has 0 heterocycles. The Labute approximate surface area is 372 Å². The zero-order valence-corrected chi connectivity index (χ0v) is 41.1. The number of phosphoric ester groups is 1. The number of carbonyl (C=O) groups is 1. The lowest BCUT2D eigenvalue weighted by molar-refractivity contribution is -0.870. The van der Waals surface area contributed by atoms with Crippen LogP contribution < -0.4 is 5.32 Å². The van der Waals surface area contributed by atoms with Gasteiger partial charge in [0.25, 0.3) is 0 Å². The number of carbonyl (C=O) groups excluding carboxylic acids is 1. The third kappa shape index (κ3) is 44.8. The number of unbranched alkanes of at least 4 members (excludes halogenated alkanes) is 29. The molecule has 60 heavy (non-hydrogen) atoms. The Kier molecular flexibility index (Phi) is 42.1. The smallest absolute Gasteiger partial charge is 0.387 e. The fourth-order valence-electron chi connectivity index (χ4n) is 7.31. The van der Waals surface area contributed by atoms with Crippen molar-refractivity contribution in [2.75, 3.05) is 40.9 Å². The lowest BCUT2D eigenvalue weighted by Crippen LogP contribution is -2.45. The first-order valence-corrected chi connectivity index (χ1v) is 26.9. The van der Waals surface area contributed by atoms with E-state index in [4.69, 9.17) is 9.05 Å². The minimum Gasteiger partial charge on any atom is -0.387 e. The van der Waals surface area contributed by atoms with Crippen LogP contribution in [0.15, 0.2) is 36.5 Å². The van der Waals surface area contributed by atoms with Gasteiger partial charge in [-0.1, -0.05) is 217 Å². The number of quaternary nitrogens is 1. The lowest BCUT2D eigenvalue weighted by atomic mass is 10.0. The number of rotatable bonds is 46. The molecule has 3 N–H and O–H groups in total. The van der Waals surface area contributed by atoms with Gasteiger partial charge in [-0.3, -0.25) is 13.8 Å². The van der Waals surface area contributed by atoms with Gasteiger partial charge in [0, 0.05) is 6.42 Å². The molecule has 0 fully saturated rings. The number of aliphatic hydroxyl groups is 1. The quantitative estimate of drug-likeness (QED) is 0.0244. The maximum absolute atomic E-state index is 12.9. The average Bonchev–Trinajstić information content (AvgIpc) is 3.20. The largest absolute Gasteiger partial charge is 0.472 e. The normalized spacial score (nSPS) is 14.4. The second-order valence-corrected chi connectivity index (χ2v) is 20.0. The van der Waals surface area contributed by atoms with Crippen LogP contribution >= 0.6 is 7.82 Å². The molecule has 0 aromatic carbocycles. The van der Waals surface area contributed by atoms with Crippen molar-refractivity contribution >= 4 is 13.7 Å². The van der Waals surface area contributed by atoms with E-state index < -0.39 is 20.0 Å². The molecule has 8 nitrogen and oxygen atoms in total. The van der Waals surface area contributed by atoms with Crippen molar-refractivity contribution in [3.8, 4) is 0 Å². The molecule has 0 aliphatic rings. The first-order valence-electron chi connectivity index (χ1n) is 25.4. The van der Waals surface area contributed by atoms with Gasteiger partial charge >= 0.3 is 7.82 Å². The van der Waals surface area contributed by atoms with Gasteiger partial charge in [-0.15, -0.1) is 0 Å². The Hall–Kier alpha value is -1.28. The van der Waals surface area contributed by atoms with Crippen LogP contribution in [0.25, 0.3) is 0 Å². The van der Waals surface area contributed by atoms with Crippen molar-refractivity contribution in [2.24, 2.45) is 0 Å². The minimum absolute atomic E-state index is 0.0549. The van der Waals surface area contributed by atoms with Crippen LogP contribution in [0, 0.1) is 0 Å². The van der Waals surface area contributed by atoms with E-state index in [0.29, 0.717) is 17.4 Å². The predicted molar refractivity (Wildman–Crippen MR) is 258 cm³/mol.